The van der Waals surface area contributed by atoms with Crippen LogP contribution in [0.1, 0.15) is 58.3 Å². The van der Waals surface area contributed by atoms with E-state index in [4.69, 9.17) is 15.2 Å². The van der Waals surface area contributed by atoms with Gasteiger partial charge in [0.05, 0.1) is 25.9 Å². The third-order valence-electron chi connectivity index (χ3n) is 4.90. The highest BCUT2D eigenvalue weighted by Crippen LogP contribution is 2.19. The Hall–Kier alpha value is -0.770. The molecule has 0 aromatic carbocycles. The van der Waals surface area contributed by atoms with Crippen molar-refractivity contribution in [1.82, 2.24) is 10.2 Å². The number of guanidine groups is 1. The molecule has 152 valence electrons. The lowest BCUT2D eigenvalue weighted by molar-refractivity contribution is 0.0487. The van der Waals surface area contributed by atoms with E-state index in [1.54, 1.807) is 4.90 Å². The molecule has 1 saturated carbocycles. The van der Waals surface area contributed by atoms with Crippen molar-refractivity contribution in [2.75, 3.05) is 32.8 Å². The number of rotatable bonds is 6. The first-order chi connectivity index (χ1) is 12.2. The number of likely N-dealkylation sites (tertiary alicyclic amines) is 1. The van der Waals surface area contributed by atoms with Gasteiger partial charge in [0.1, 0.15) is 0 Å². The molecule has 3 N–H and O–H groups in total. The Kier molecular flexibility index (Phi) is 12.0. The Labute approximate surface area is 174 Å². The quantitative estimate of drug-likeness (QED) is 0.200. The summed E-state index contributed by atoms with van der Waals surface area (Å²) in [6.45, 7) is 4.84. The lowest BCUT2D eigenvalue weighted by atomic mass is 10.1. The first-order valence-corrected chi connectivity index (χ1v) is 9.78. The van der Waals surface area contributed by atoms with Gasteiger partial charge in [-0.05, 0) is 32.6 Å². The third kappa shape index (κ3) is 8.75. The van der Waals surface area contributed by atoms with Gasteiger partial charge in [0, 0.05) is 19.1 Å². The van der Waals surface area contributed by atoms with Gasteiger partial charge in [-0.2, -0.15) is 0 Å². The van der Waals surface area contributed by atoms with Crippen LogP contribution in [0.25, 0.3) is 0 Å². The molecule has 8 heteroatoms. The third-order valence-corrected chi connectivity index (χ3v) is 4.90. The number of nitrogens with two attached hydrogens (primary N) is 1. The van der Waals surface area contributed by atoms with Crippen LogP contribution in [-0.4, -0.2) is 61.9 Å². The zero-order valence-electron chi connectivity index (χ0n) is 16.0. The normalized spacial score (nSPS) is 20.2. The molecule has 0 spiro atoms. The van der Waals surface area contributed by atoms with E-state index in [9.17, 15) is 4.79 Å². The van der Waals surface area contributed by atoms with Gasteiger partial charge in [-0.1, -0.05) is 25.7 Å². The fourth-order valence-corrected chi connectivity index (χ4v) is 3.47. The average Bonchev–Trinajstić information content (AvgIpc) is 2.88. The van der Waals surface area contributed by atoms with Gasteiger partial charge in [-0.25, -0.2) is 4.79 Å². The van der Waals surface area contributed by atoms with Crippen LogP contribution in [0.15, 0.2) is 4.99 Å². The van der Waals surface area contributed by atoms with E-state index in [1.165, 1.54) is 38.5 Å². The molecule has 0 radical (unpaired) electrons. The van der Waals surface area contributed by atoms with Crippen molar-refractivity contribution in [1.29, 1.82) is 0 Å². The standard InChI is InChI=1S/C18H34N4O3.HI/c1-2-24-18(23)22-12-9-15(10-13-22)21-17(19)20-11-14-25-16-7-5-3-4-6-8-16;/h15-16H,2-14H2,1H3,(H3,19,20,21);1H. The van der Waals surface area contributed by atoms with Gasteiger partial charge in [0.25, 0.3) is 0 Å². The van der Waals surface area contributed by atoms with Crippen molar-refractivity contribution in [3.05, 3.63) is 0 Å². The molecule has 1 aliphatic heterocycles. The topological polar surface area (TPSA) is 89.2 Å². The van der Waals surface area contributed by atoms with Crippen molar-refractivity contribution in [2.45, 2.75) is 70.4 Å². The molecule has 0 unspecified atom stereocenters. The molecule has 0 aromatic rings. The van der Waals surface area contributed by atoms with Crippen LogP contribution < -0.4 is 11.1 Å². The molecule has 0 atom stereocenters. The fraction of sp³-hybridized carbons (Fsp3) is 0.889. The summed E-state index contributed by atoms with van der Waals surface area (Å²) in [5.41, 5.74) is 5.97. The predicted molar refractivity (Wildman–Crippen MR) is 114 cm³/mol. The number of aliphatic imine (C=N–C) groups is 1. The lowest BCUT2D eigenvalue weighted by Crippen LogP contribution is -2.48. The van der Waals surface area contributed by atoms with Gasteiger partial charge < -0.3 is 25.4 Å². The molecule has 2 aliphatic rings. The SMILES string of the molecule is CCOC(=O)N1CCC(NC(N)=NCCOC2CCCCCC2)CC1.I. The summed E-state index contributed by atoms with van der Waals surface area (Å²) in [7, 11) is 0. The van der Waals surface area contributed by atoms with Gasteiger partial charge in [0.2, 0.25) is 0 Å². The number of halogens is 1. The second-order valence-electron chi connectivity index (χ2n) is 6.86. The Morgan fingerprint density at radius 3 is 2.42 bits per heavy atom. The summed E-state index contributed by atoms with van der Waals surface area (Å²) >= 11 is 0. The zero-order valence-corrected chi connectivity index (χ0v) is 18.3. The van der Waals surface area contributed by atoms with E-state index in [-0.39, 0.29) is 36.1 Å². The first kappa shape index (κ1) is 23.3. The highest BCUT2D eigenvalue weighted by molar-refractivity contribution is 14.0. The van der Waals surface area contributed by atoms with Crippen LogP contribution in [0.2, 0.25) is 0 Å². The molecule has 0 bridgehead atoms. The summed E-state index contributed by atoms with van der Waals surface area (Å²) in [6, 6.07) is 0.261. The minimum absolute atomic E-state index is 0. The minimum atomic E-state index is -0.224. The zero-order chi connectivity index (χ0) is 17.9. The summed E-state index contributed by atoms with van der Waals surface area (Å²) in [4.78, 5) is 17.8. The van der Waals surface area contributed by atoms with Crippen molar-refractivity contribution in [3.63, 3.8) is 0 Å². The van der Waals surface area contributed by atoms with Gasteiger partial charge in [0.15, 0.2) is 5.96 Å². The maximum Gasteiger partial charge on any atom is 0.409 e. The predicted octanol–water partition coefficient (Wildman–Crippen LogP) is 2.87. The Morgan fingerprint density at radius 2 is 1.81 bits per heavy atom. The van der Waals surface area contributed by atoms with E-state index < -0.39 is 0 Å². The number of carbonyl (C=O) groups excluding carboxylic acids is 1. The number of nitrogens with zero attached hydrogens (tertiary/aromatic N) is 2. The number of carbonyl (C=O) groups is 1. The van der Waals surface area contributed by atoms with Crippen LogP contribution in [0.3, 0.4) is 0 Å². The number of amides is 1. The monoisotopic (exact) mass is 482 g/mol. The number of nitrogens with one attached hydrogen (secondary N) is 1. The molecule has 1 saturated heterocycles. The molecule has 1 aliphatic carbocycles. The molecule has 1 amide bonds. The summed E-state index contributed by atoms with van der Waals surface area (Å²) in [5, 5.41) is 3.25. The van der Waals surface area contributed by atoms with Gasteiger partial charge in [-0.3, -0.25) is 4.99 Å². The molecular formula is C18H35IN4O3. The van der Waals surface area contributed by atoms with Gasteiger partial charge in [-0.15, -0.1) is 24.0 Å². The Morgan fingerprint density at radius 1 is 1.15 bits per heavy atom. The Balaban J connectivity index is 0.00000338. The van der Waals surface area contributed by atoms with Crippen molar-refractivity contribution < 1.29 is 14.3 Å². The van der Waals surface area contributed by atoms with E-state index in [2.05, 4.69) is 10.3 Å². The summed E-state index contributed by atoms with van der Waals surface area (Å²) in [5.74, 6) is 0.471. The second-order valence-corrected chi connectivity index (χ2v) is 6.86. The lowest BCUT2D eigenvalue weighted by Gasteiger charge is -2.31. The summed E-state index contributed by atoms with van der Waals surface area (Å²) < 4.78 is 10.9. The second kappa shape index (κ2) is 13.4. The number of hydrogen-bond donors (Lipinski definition) is 2. The van der Waals surface area contributed by atoms with Crippen LogP contribution in [-0.2, 0) is 9.47 Å². The minimum Gasteiger partial charge on any atom is -0.450 e. The van der Waals surface area contributed by atoms with E-state index >= 15 is 0 Å². The van der Waals surface area contributed by atoms with Crippen molar-refractivity contribution in [2.24, 2.45) is 10.7 Å². The van der Waals surface area contributed by atoms with Crippen LogP contribution >= 0.6 is 24.0 Å². The molecule has 2 fully saturated rings. The highest BCUT2D eigenvalue weighted by Gasteiger charge is 2.23. The summed E-state index contributed by atoms with van der Waals surface area (Å²) in [6.07, 6.45) is 9.48. The first-order valence-electron chi connectivity index (χ1n) is 9.78. The Bertz CT molecular complexity index is 421. The molecule has 2 rings (SSSR count). The molecule has 26 heavy (non-hydrogen) atoms. The fourth-order valence-electron chi connectivity index (χ4n) is 3.47. The molecule has 7 nitrogen and oxygen atoms in total. The number of ether oxygens (including phenoxy) is 2. The molecule has 0 aromatic heterocycles. The van der Waals surface area contributed by atoms with Crippen molar-refractivity contribution in [3.8, 4) is 0 Å². The smallest absolute Gasteiger partial charge is 0.409 e. The van der Waals surface area contributed by atoms with E-state index in [0.717, 1.165) is 12.8 Å². The van der Waals surface area contributed by atoms with Gasteiger partial charge >= 0.3 is 6.09 Å². The van der Waals surface area contributed by atoms with Crippen LogP contribution in [0, 0.1) is 0 Å². The van der Waals surface area contributed by atoms with Crippen LogP contribution in [0.4, 0.5) is 4.79 Å². The average molecular weight is 482 g/mol. The molecule has 1 heterocycles. The largest absolute Gasteiger partial charge is 0.450 e. The molecular weight excluding hydrogens is 447 g/mol. The maximum absolute atomic E-state index is 11.7. The highest BCUT2D eigenvalue weighted by atomic mass is 127. The maximum atomic E-state index is 11.7. The van der Waals surface area contributed by atoms with Crippen LogP contribution in [0.5, 0.6) is 0 Å². The number of piperidine rings is 1. The van der Waals surface area contributed by atoms with E-state index in [0.29, 0.717) is 44.9 Å². The van der Waals surface area contributed by atoms with Crippen molar-refractivity contribution >= 4 is 36.0 Å². The van der Waals surface area contributed by atoms with E-state index in [1.807, 2.05) is 6.92 Å². The number of hydrogen-bond acceptors (Lipinski definition) is 4.